The van der Waals surface area contributed by atoms with E-state index in [0.717, 1.165) is 30.4 Å². The minimum absolute atomic E-state index is 0.0647. The van der Waals surface area contributed by atoms with E-state index in [2.05, 4.69) is 46.6 Å². The first-order chi connectivity index (χ1) is 30.7. The van der Waals surface area contributed by atoms with E-state index in [1.807, 2.05) is 0 Å². The second kappa shape index (κ2) is 17.1. The highest BCUT2D eigenvalue weighted by Crippen LogP contribution is 2.36. The molecule has 0 spiro atoms. The Morgan fingerprint density at radius 3 is 1.44 bits per heavy atom. The lowest BCUT2D eigenvalue weighted by molar-refractivity contribution is 0.105. The number of rotatable bonds is 12. The van der Waals surface area contributed by atoms with Crippen LogP contribution >= 0.6 is 23.2 Å². The van der Waals surface area contributed by atoms with E-state index in [1.165, 1.54) is 36.4 Å². The van der Waals surface area contributed by atoms with Crippen molar-refractivity contribution in [3.8, 4) is 11.5 Å². The Morgan fingerprint density at radius 1 is 0.530 bits per heavy atom. The van der Waals surface area contributed by atoms with Crippen LogP contribution in [0.2, 0.25) is 10.3 Å². The minimum Gasteiger partial charge on any atom is -0.506 e. The van der Waals surface area contributed by atoms with E-state index >= 15 is 0 Å². The molecule has 0 bridgehead atoms. The van der Waals surface area contributed by atoms with Gasteiger partial charge in [0.2, 0.25) is 28.7 Å². The van der Waals surface area contributed by atoms with E-state index < -0.39 is 111 Å². The van der Waals surface area contributed by atoms with Crippen molar-refractivity contribution in [2.45, 2.75) is 9.79 Å². The van der Waals surface area contributed by atoms with E-state index in [-0.39, 0.29) is 50.8 Å². The molecule has 0 fully saturated rings. The first-order valence-electron chi connectivity index (χ1n) is 17.4. The number of hydrogen-bond donors (Lipinski definition) is 10. The topological polar surface area (TPSA) is 404 Å². The highest BCUT2D eigenvalue weighted by Gasteiger charge is 2.35. The summed E-state index contributed by atoms with van der Waals surface area (Å²) < 4.78 is 135. The molecule has 5 aromatic rings. The minimum atomic E-state index is -5.20. The average molecular weight is 1020 g/mol. The van der Waals surface area contributed by atoms with Crippen LogP contribution in [0.25, 0.3) is 12.2 Å². The lowest BCUT2D eigenvalue weighted by atomic mass is 9.94. The summed E-state index contributed by atoms with van der Waals surface area (Å²) in [5.74, 6) is -3.98. The van der Waals surface area contributed by atoms with Crippen LogP contribution in [0.15, 0.2) is 96.5 Å². The number of Topliss-reactive ketones (excluding diaryl/α,β-unsaturated/α-hetero) is 2. The summed E-state index contributed by atoms with van der Waals surface area (Å²) in [5, 5.41) is 32.4. The summed E-state index contributed by atoms with van der Waals surface area (Å²) in [6.45, 7) is 0. The average Bonchev–Trinajstić information content (AvgIpc) is 3.20. The third-order valence-corrected chi connectivity index (χ3v) is 12.8. The number of carbonyl (C=O) groups excluding carboxylic acids is 2. The second-order valence-corrected chi connectivity index (χ2v) is 19.7. The predicted molar refractivity (Wildman–Crippen MR) is 235 cm³/mol. The maximum Gasteiger partial charge on any atom is 0.296 e. The van der Waals surface area contributed by atoms with Crippen molar-refractivity contribution in [1.82, 2.24) is 15.0 Å². The van der Waals surface area contributed by atoms with Gasteiger partial charge in [-0.2, -0.15) is 58.8 Å². The van der Waals surface area contributed by atoms with Crippen molar-refractivity contribution < 1.29 is 71.7 Å². The molecular formula is C35H23Cl2N9O16S4. The summed E-state index contributed by atoms with van der Waals surface area (Å²) in [5.41, 5.74) is 1.27. The van der Waals surface area contributed by atoms with Crippen LogP contribution in [0.3, 0.4) is 0 Å². The number of aromatic nitrogens is 3. The van der Waals surface area contributed by atoms with Crippen molar-refractivity contribution in [2.24, 2.45) is 10.2 Å². The number of ketones is 2. The van der Waals surface area contributed by atoms with Crippen molar-refractivity contribution in [2.75, 3.05) is 21.5 Å². The van der Waals surface area contributed by atoms with Gasteiger partial charge in [0.05, 0.1) is 20.5 Å². The highest BCUT2D eigenvalue weighted by atomic mass is 35.5. The molecule has 0 atom stereocenters. The standard InChI is InChI=1S/C35H23Cl2N9O16S4/c36-22-11-19(64(54,55)56)13-24(32(22)50)44-46-29-27(66(60,61)62)10-15-8-17(2-5-21(15)31(29)49)39-35-41-33(37)40-34(42-35)38-16-1-4-20-14(7-16)9-26(65(57,58)59)28(30(20)48)45-43-23-12-18(63(51,52)53)3-6-25(23)47/h1-13,43-44,47,50H,(H,51,52,53)(H,54,55,56)(H,57,58,59)(H,60,61,62)(H2,38,39,40,41,42). The molecule has 31 heteroatoms. The molecule has 7 rings (SSSR count). The molecule has 0 unspecified atom stereocenters. The number of nitrogens with one attached hydrogen (secondary N) is 4. The van der Waals surface area contributed by atoms with Crippen molar-refractivity contribution in [3.63, 3.8) is 0 Å². The van der Waals surface area contributed by atoms with Gasteiger partial charge < -0.3 is 20.8 Å². The van der Waals surface area contributed by atoms with Crippen molar-refractivity contribution >= 4 is 133 Å². The third-order valence-electron chi connectivity index (χ3n) is 8.92. The largest absolute Gasteiger partial charge is 0.506 e. The fraction of sp³-hybridized carbons (Fsp3) is 0. The highest BCUT2D eigenvalue weighted by molar-refractivity contribution is 7.91. The predicted octanol–water partition coefficient (Wildman–Crippen LogP) is 4.36. The molecular weight excluding hydrogens is 1000 g/mol. The molecule has 1 heterocycles. The van der Waals surface area contributed by atoms with Gasteiger partial charge in [0.25, 0.3) is 40.5 Å². The van der Waals surface area contributed by atoms with Crippen LogP contribution in [0, 0.1) is 0 Å². The van der Waals surface area contributed by atoms with Crippen LogP contribution in [0.4, 0.5) is 34.6 Å². The van der Waals surface area contributed by atoms with E-state index in [4.69, 9.17) is 23.2 Å². The fourth-order valence-electron chi connectivity index (χ4n) is 5.96. The Labute approximate surface area is 380 Å². The SMILES string of the molecule is O=C1C(=NNc2cc(S(=O)(=O)O)ccc2O)C(S(=O)(=O)O)=Cc2cc(Nc3nc(Cl)nc(Nc4ccc5c(c4)C=C(S(=O)(=O)O)C(=NNc4cc(S(=O)(=O)O)cc(Cl)c4O)C5=O)n3)ccc21. The van der Waals surface area contributed by atoms with Crippen molar-refractivity contribution in [1.29, 1.82) is 0 Å². The summed E-state index contributed by atoms with van der Waals surface area (Å²) in [6, 6.07) is 11.5. The molecule has 0 saturated carbocycles. The molecule has 0 aliphatic heterocycles. The van der Waals surface area contributed by atoms with Crippen LogP contribution in [-0.4, -0.2) is 100 Å². The number of allylic oxidation sites excluding steroid dienone is 2. The Bertz CT molecular complexity index is 3590. The van der Waals surface area contributed by atoms with Gasteiger partial charge in [-0.3, -0.25) is 38.7 Å². The Morgan fingerprint density at radius 2 is 0.985 bits per heavy atom. The quantitative estimate of drug-likeness (QED) is 0.0471. The molecule has 2 aliphatic carbocycles. The van der Waals surface area contributed by atoms with Gasteiger partial charge in [0, 0.05) is 22.5 Å². The molecule has 0 amide bonds. The number of carbonyl (C=O) groups is 2. The first-order valence-corrected chi connectivity index (χ1v) is 23.9. The number of benzene rings is 4. The van der Waals surface area contributed by atoms with Crippen LogP contribution in [0.1, 0.15) is 31.8 Å². The number of fused-ring (bicyclic) bond motifs is 2. The molecule has 0 saturated heterocycles. The summed E-state index contributed by atoms with van der Waals surface area (Å²) in [6.07, 6.45) is 1.76. The second-order valence-electron chi connectivity index (χ2n) is 13.3. The number of halogens is 2. The van der Waals surface area contributed by atoms with Gasteiger partial charge in [-0.1, -0.05) is 11.6 Å². The molecule has 25 nitrogen and oxygen atoms in total. The first kappa shape index (κ1) is 47.0. The maximum atomic E-state index is 13.5. The number of hydrazone groups is 2. The van der Waals surface area contributed by atoms with E-state index in [1.54, 1.807) is 0 Å². The van der Waals surface area contributed by atoms with Gasteiger partial charge in [-0.15, -0.1) is 0 Å². The Hall–Kier alpha value is -6.93. The van der Waals surface area contributed by atoms with E-state index in [9.17, 15) is 71.7 Å². The van der Waals surface area contributed by atoms with Crippen LogP contribution in [0.5, 0.6) is 11.5 Å². The van der Waals surface area contributed by atoms with Gasteiger partial charge in [-0.25, -0.2) is 0 Å². The number of nitrogens with zero attached hydrogens (tertiary/aromatic N) is 5. The summed E-state index contributed by atoms with van der Waals surface area (Å²) in [7, 11) is -20.0. The number of phenolic OH excluding ortho intramolecular Hbond substituents is 2. The zero-order valence-corrected chi connectivity index (χ0v) is 36.7. The van der Waals surface area contributed by atoms with Crippen molar-refractivity contribution in [3.05, 3.63) is 109 Å². The number of hydrogen-bond acceptors (Lipinski definition) is 21. The van der Waals surface area contributed by atoms with Gasteiger partial charge in [0.15, 0.2) is 17.2 Å². The normalized spacial score (nSPS) is 15.4. The van der Waals surface area contributed by atoms with E-state index in [0.29, 0.717) is 12.1 Å². The molecule has 10 N–H and O–H groups in total. The Kier molecular flexibility index (Phi) is 12.2. The smallest absolute Gasteiger partial charge is 0.296 e. The number of anilines is 6. The number of aromatic hydroxyl groups is 2. The summed E-state index contributed by atoms with van der Waals surface area (Å²) >= 11 is 12.0. The lowest BCUT2D eigenvalue weighted by Crippen LogP contribution is -2.27. The molecule has 0 radical (unpaired) electrons. The zero-order chi connectivity index (χ0) is 48.3. The third kappa shape index (κ3) is 9.98. The van der Waals surface area contributed by atoms with Crippen LogP contribution < -0.4 is 21.5 Å². The Balaban J connectivity index is 1.14. The zero-order valence-electron chi connectivity index (χ0n) is 31.9. The van der Waals surface area contributed by atoms with Gasteiger partial charge in [-0.05, 0) is 102 Å². The van der Waals surface area contributed by atoms with Gasteiger partial charge >= 0.3 is 0 Å². The molecule has 1 aromatic heterocycles. The van der Waals surface area contributed by atoms with Gasteiger partial charge in [0.1, 0.15) is 21.2 Å². The molecule has 342 valence electrons. The number of phenols is 2. The molecule has 66 heavy (non-hydrogen) atoms. The molecule has 4 aromatic carbocycles. The monoisotopic (exact) mass is 1020 g/mol. The van der Waals surface area contributed by atoms with Crippen LogP contribution in [-0.2, 0) is 40.5 Å². The maximum absolute atomic E-state index is 13.5. The molecule has 2 aliphatic rings. The summed E-state index contributed by atoms with van der Waals surface area (Å²) in [4.78, 5) is 35.7. The lowest BCUT2D eigenvalue weighted by Gasteiger charge is -2.18. The fourth-order valence-corrected chi connectivity index (χ4v) is 8.76.